The first-order valence-electron chi connectivity index (χ1n) is 9.01. The van der Waals surface area contributed by atoms with E-state index < -0.39 is 0 Å². The minimum Gasteiger partial charge on any atom is -0.347 e. The molecule has 1 saturated heterocycles. The molecule has 1 saturated carbocycles. The smallest absolute Gasteiger partial charge is 0.242 e. The molecule has 6 heteroatoms. The lowest BCUT2D eigenvalue weighted by Crippen LogP contribution is -2.42. The van der Waals surface area contributed by atoms with Gasteiger partial charge in [0.05, 0.1) is 6.54 Å². The van der Waals surface area contributed by atoms with Gasteiger partial charge in [-0.15, -0.1) is 12.4 Å². The lowest BCUT2D eigenvalue weighted by atomic mass is 9.89. The summed E-state index contributed by atoms with van der Waals surface area (Å²) in [5, 5.41) is 2.83. The Morgan fingerprint density at radius 3 is 2.44 bits per heavy atom. The molecule has 2 atom stereocenters. The minimum absolute atomic E-state index is 0. The molecular weight excluding hydrogens is 338 g/mol. The Bertz CT molecular complexity index is 575. The number of carbonyl (C=O) groups is 2. The van der Waals surface area contributed by atoms with Gasteiger partial charge in [-0.3, -0.25) is 9.59 Å². The van der Waals surface area contributed by atoms with Gasteiger partial charge in [0.25, 0.3) is 0 Å². The van der Waals surface area contributed by atoms with Crippen molar-refractivity contribution in [3.8, 4) is 0 Å². The number of benzene rings is 1. The summed E-state index contributed by atoms with van der Waals surface area (Å²) in [6.45, 7) is 1.27. The SMILES string of the molecule is Cl.N[C@@H]1CN(C(=O)CNC(=O)C2CCCCC2)C[C@H]1c1ccccc1. The molecule has 3 N–H and O–H groups in total. The second kappa shape index (κ2) is 9.20. The largest absolute Gasteiger partial charge is 0.347 e. The Hall–Kier alpha value is -1.59. The van der Waals surface area contributed by atoms with Gasteiger partial charge < -0.3 is 16.0 Å². The van der Waals surface area contributed by atoms with Crippen molar-refractivity contribution in [1.29, 1.82) is 0 Å². The molecule has 0 unspecified atom stereocenters. The predicted octanol–water partition coefficient (Wildman–Crippen LogP) is 2.06. The minimum atomic E-state index is -0.0506. The number of nitrogens with zero attached hydrogens (tertiary/aromatic N) is 1. The molecular formula is C19H28ClN3O2. The highest BCUT2D eigenvalue weighted by molar-refractivity contribution is 5.86. The zero-order chi connectivity index (χ0) is 16.9. The normalized spacial score (nSPS) is 23.8. The Morgan fingerprint density at radius 2 is 1.76 bits per heavy atom. The maximum atomic E-state index is 12.4. The summed E-state index contributed by atoms with van der Waals surface area (Å²) < 4.78 is 0. The number of rotatable bonds is 4. The van der Waals surface area contributed by atoms with E-state index in [1.165, 1.54) is 12.0 Å². The first-order valence-corrected chi connectivity index (χ1v) is 9.01. The number of hydrogen-bond donors (Lipinski definition) is 2. The predicted molar refractivity (Wildman–Crippen MR) is 101 cm³/mol. The fraction of sp³-hybridized carbons (Fsp3) is 0.579. The van der Waals surface area contributed by atoms with Crippen LogP contribution in [0.2, 0.25) is 0 Å². The van der Waals surface area contributed by atoms with Crippen molar-refractivity contribution in [3.63, 3.8) is 0 Å². The molecule has 0 spiro atoms. The third-order valence-electron chi connectivity index (χ3n) is 5.34. The van der Waals surface area contributed by atoms with Crippen LogP contribution in [0.15, 0.2) is 30.3 Å². The summed E-state index contributed by atoms with van der Waals surface area (Å²) in [4.78, 5) is 26.4. The Balaban J connectivity index is 0.00000225. The third kappa shape index (κ3) is 4.95. The maximum absolute atomic E-state index is 12.4. The second-order valence-corrected chi connectivity index (χ2v) is 7.03. The molecule has 2 amide bonds. The molecule has 0 bridgehead atoms. The molecule has 0 radical (unpaired) electrons. The molecule has 2 aliphatic rings. The number of nitrogens with two attached hydrogens (primary N) is 1. The third-order valence-corrected chi connectivity index (χ3v) is 5.34. The Morgan fingerprint density at radius 1 is 1.08 bits per heavy atom. The molecule has 1 aromatic rings. The van der Waals surface area contributed by atoms with Crippen LogP contribution >= 0.6 is 12.4 Å². The standard InChI is InChI=1S/C19H27N3O2.ClH/c20-17-13-22(12-16(17)14-7-3-1-4-8-14)18(23)11-21-19(24)15-9-5-2-6-10-15;/h1,3-4,7-8,15-17H,2,5-6,9-13,20H2,(H,21,24);1H/t16-,17+;/m0./s1. The summed E-state index contributed by atoms with van der Waals surface area (Å²) in [5.41, 5.74) is 7.40. The lowest BCUT2D eigenvalue weighted by Gasteiger charge is -2.22. The van der Waals surface area contributed by atoms with Gasteiger partial charge in [-0.1, -0.05) is 49.6 Å². The van der Waals surface area contributed by atoms with E-state index in [2.05, 4.69) is 17.4 Å². The second-order valence-electron chi connectivity index (χ2n) is 7.03. The number of carbonyl (C=O) groups excluding carboxylic acids is 2. The van der Waals surface area contributed by atoms with Crippen LogP contribution in [0.5, 0.6) is 0 Å². The average molecular weight is 366 g/mol. The van der Waals surface area contributed by atoms with E-state index in [4.69, 9.17) is 5.73 Å². The van der Waals surface area contributed by atoms with Gasteiger partial charge in [-0.05, 0) is 18.4 Å². The van der Waals surface area contributed by atoms with E-state index in [9.17, 15) is 9.59 Å². The lowest BCUT2D eigenvalue weighted by molar-refractivity contribution is -0.133. The van der Waals surface area contributed by atoms with Crippen LogP contribution in [0.4, 0.5) is 0 Å². The maximum Gasteiger partial charge on any atom is 0.242 e. The first kappa shape index (κ1) is 19.7. The van der Waals surface area contributed by atoms with E-state index in [-0.39, 0.29) is 48.6 Å². The average Bonchev–Trinajstić information content (AvgIpc) is 3.02. The van der Waals surface area contributed by atoms with Gasteiger partial charge in [0.1, 0.15) is 0 Å². The van der Waals surface area contributed by atoms with E-state index in [0.29, 0.717) is 13.1 Å². The molecule has 1 aliphatic heterocycles. The Labute approximate surface area is 155 Å². The van der Waals surface area contributed by atoms with Crippen molar-refractivity contribution in [2.24, 2.45) is 11.7 Å². The molecule has 138 valence electrons. The molecule has 0 aromatic heterocycles. The van der Waals surface area contributed by atoms with Gasteiger partial charge in [0, 0.05) is 31.0 Å². The highest BCUT2D eigenvalue weighted by Crippen LogP contribution is 2.26. The van der Waals surface area contributed by atoms with Crippen LogP contribution in [-0.2, 0) is 9.59 Å². The van der Waals surface area contributed by atoms with Crippen molar-refractivity contribution in [2.75, 3.05) is 19.6 Å². The molecule has 1 aromatic carbocycles. The van der Waals surface area contributed by atoms with E-state index >= 15 is 0 Å². The number of nitrogens with one attached hydrogen (secondary N) is 1. The molecule has 5 nitrogen and oxygen atoms in total. The van der Waals surface area contributed by atoms with Crippen LogP contribution in [0.25, 0.3) is 0 Å². The summed E-state index contributed by atoms with van der Waals surface area (Å²) >= 11 is 0. The van der Waals surface area contributed by atoms with Crippen molar-refractivity contribution < 1.29 is 9.59 Å². The van der Waals surface area contributed by atoms with Crippen molar-refractivity contribution >= 4 is 24.2 Å². The fourth-order valence-corrected chi connectivity index (χ4v) is 3.87. The highest BCUT2D eigenvalue weighted by Gasteiger charge is 2.34. The summed E-state index contributed by atoms with van der Waals surface area (Å²) in [5.74, 6) is 0.257. The quantitative estimate of drug-likeness (QED) is 0.857. The summed E-state index contributed by atoms with van der Waals surface area (Å²) in [6.07, 6.45) is 5.35. The van der Waals surface area contributed by atoms with Gasteiger partial charge in [0.15, 0.2) is 0 Å². The monoisotopic (exact) mass is 365 g/mol. The summed E-state index contributed by atoms with van der Waals surface area (Å²) in [6, 6.07) is 10.0. The van der Waals surface area contributed by atoms with Crippen molar-refractivity contribution in [3.05, 3.63) is 35.9 Å². The van der Waals surface area contributed by atoms with Crippen molar-refractivity contribution in [2.45, 2.75) is 44.1 Å². The Kier molecular flexibility index (Phi) is 7.26. The number of likely N-dealkylation sites (tertiary alicyclic amines) is 1. The van der Waals surface area contributed by atoms with Crippen LogP contribution in [0, 0.1) is 5.92 Å². The van der Waals surface area contributed by atoms with Crippen LogP contribution in [0.3, 0.4) is 0 Å². The fourth-order valence-electron chi connectivity index (χ4n) is 3.87. The van der Waals surface area contributed by atoms with E-state index in [0.717, 1.165) is 25.7 Å². The summed E-state index contributed by atoms with van der Waals surface area (Å²) in [7, 11) is 0. The van der Waals surface area contributed by atoms with Crippen LogP contribution in [0.1, 0.15) is 43.6 Å². The molecule has 1 heterocycles. The highest BCUT2D eigenvalue weighted by atomic mass is 35.5. The van der Waals surface area contributed by atoms with Gasteiger partial charge in [-0.2, -0.15) is 0 Å². The van der Waals surface area contributed by atoms with E-state index in [1.807, 2.05) is 18.2 Å². The number of halogens is 1. The molecule has 1 aliphatic carbocycles. The molecule has 25 heavy (non-hydrogen) atoms. The van der Waals surface area contributed by atoms with Crippen LogP contribution < -0.4 is 11.1 Å². The van der Waals surface area contributed by atoms with Gasteiger partial charge >= 0.3 is 0 Å². The zero-order valence-corrected chi connectivity index (χ0v) is 15.3. The molecule has 2 fully saturated rings. The van der Waals surface area contributed by atoms with Crippen LogP contribution in [-0.4, -0.2) is 42.4 Å². The zero-order valence-electron chi connectivity index (χ0n) is 14.5. The van der Waals surface area contributed by atoms with Crippen molar-refractivity contribution in [1.82, 2.24) is 10.2 Å². The number of hydrogen-bond acceptors (Lipinski definition) is 3. The molecule has 3 rings (SSSR count). The van der Waals surface area contributed by atoms with Gasteiger partial charge in [-0.25, -0.2) is 0 Å². The van der Waals surface area contributed by atoms with E-state index in [1.54, 1.807) is 4.90 Å². The topological polar surface area (TPSA) is 75.4 Å². The number of amides is 2. The van der Waals surface area contributed by atoms with Gasteiger partial charge in [0.2, 0.25) is 11.8 Å². The first-order chi connectivity index (χ1) is 11.6.